The summed E-state index contributed by atoms with van der Waals surface area (Å²) < 4.78 is 30.2. The fourth-order valence-corrected chi connectivity index (χ4v) is 5.00. The summed E-state index contributed by atoms with van der Waals surface area (Å²) in [5, 5.41) is 0. The Bertz CT molecular complexity index is 658. The third-order valence-electron chi connectivity index (χ3n) is 3.63. The Morgan fingerprint density at radius 2 is 1.36 bits per heavy atom. The normalized spacial score (nSPS) is 14.1. The third-order valence-corrected chi connectivity index (χ3v) is 5.66. The van der Waals surface area contributed by atoms with Gasteiger partial charge in [0.1, 0.15) is 5.84 Å². The molecular weight excluding hydrogens is 371 g/mol. The van der Waals surface area contributed by atoms with Crippen LogP contribution < -0.4 is 0 Å². The molecule has 0 aliphatic carbocycles. The van der Waals surface area contributed by atoms with Gasteiger partial charge in [-0.3, -0.25) is 9.05 Å². The van der Waals surface area contributed by atoms with E-state index in [1.807, 2.05) is 59.7 Å². The van der Waals surface area contributed by atoms with Gasteiger partial charge in [-0.05, 0) is 74.8 Å². The molecule has 0 heterocycles. The van der Waals surface area contributed by atoms with Crippen molar-refractivity contribution < 1.29 is 13.6 Å². The lowest BCUT2D eigenvalue weighted by Gasteiger charge is -2.36. The van der Waals surface area contributed by atoms with Gasteiger partial charge in [-0.25, -0.2) is 4.57 Å². The molecule has 0 radical (unpaired) electrons. The average molecular weight is 411 g/mol. The summed E-state index contributed by atoms with van der Waals surface area (Å²) in [6.45, 7) is 19.6. The van der Waals surface area contributed by atoms with Crippen LogP contribution in [-0.4, -0.2) is 34.0 Å². The van der Waals surface area contributed by atoms with Crippen LogP contribution >= 0.6 is 7.75 Å². The van der Waals surface area contributed by atoms with E-state index >= 15 is 0 Å². The minimum absolute atomic E-state index is 0.195. The maximum absolute atomic E-state index is 13.7. The van der Waals surface area contributed by atoms with Crippen LogP contribution in [0.1, 0.15) is 74.8 Å². The zero-order valence-corrected chi connectivity index (χ0v) is 20.2. The summed E-state index contributed by atoms with van der Waals surface area (Å²) in [6, 6.07) is 10.5. The molecular formula is C22H39N2O3P. The number of hydrogen-bond donors (Lipinski definition) is 0. The summed E-state index contributed by atoms with van der Waals surface area (Å²) in [5.41, 5.74) is -0.198. The smallest absolute Gasteiger partial charge is 0.355 e. The van der Waals surface area contributed by atoms with E-state index in [2.05, 4.69) is 49.5 Å². The van der Waals surface area contributed by atoms with E-state index in [0.29, 0.717) is 12.3 Å². The SMILES string of the molecule is CC(C)N(/C(Cc1ccccc1)=N\P(=O)(OC(C)(C)C)OC(C)(C)C)C(C)C. The molecule has 0 atom stereocenters. The third kappa shape index (κ3) is 8.89. The lowest BCUT2D eigenvalue weighted by Crippen LogP contribution is -2.43. The zero-order valence-electron chi connectivity index (χ0n) is 19.3. The van der Waals surface area contributed by atoms with E-state index in [0.717, 1.165) is 5.56 Å². The van der Waals surface area contributed by atoms with Crippen molar-refractivity contribution in [2.75, 3.05) is 0 Å². The van der Waals surface area contributed by atoms with E-state index in [1.54, 1.807) is 0 Å². The topological polar surface area (TPSA) is 51.1 Å². The monoisotopic (exact) mass is 410 g/mol. The summed E-state index contributed by atoms with van der Waals surface area (Å²) in [7, 11) is -3.74. The summed E-state index contributed by atoms with van der Waals surface area (Å²) >= 11 is 0. The molecule has 6 heteroatoms. The van der Waals surface area contributed by atoms with Crippen LogP contribution in [0.4, 0.5) is 0 Å². The highest BCUT2D eigenvalue weighted by Gasteiger charge is 2.37. The summed E-state index contributed by atoms with van der Waals surface area (Å²) in [4.78, 5) is 2.18. The Balaban J connectivity index is 3.50. The lowest BCUT2D eigenvalue weighted by atomic mass is 10.1. The van der Waals surface area contributed by atoms with Crippen molar-refractivity contribution in [3.63, 3.8) is 0 Å². The first-order chi connectivity index (χ1) is 12.6. The largest absolute Gasteiger partial charge is 0.456 e. The standard InChI is InChI=1S/C22H39N2O3P/c1-17(2)24(18(3)4)20(16-19-14-12-11-13-15-19)23-28(25,26-21(5,6)7)27-22(8,9)10/h11-15,17-18H,16H2,1-10H3/b23-20-. The molecule has 0 saturated heterocycles. The number of amidine groups is 1. The first-order valence-corrected chi connectivity index (χ1v) is 11.5. The van der Waals surface area contributed by atoms with Gasteiger partial charge in [0.25, 0.3) is 0 Å². The molecule has 0 aliphatic rings. The van der Waals surface area contributed by atoms with E-state index in [-0.39, 0.29) is 12.1 Å². The summed E-state index contributed by atoms with van der Waals surface area (Å²) in [5.74, 6) is 0.716. The van der Waals surface area contributed by atoms with E-state index in [9.17, 15) is 4.57 Å². The molecule has 0 amide bonds. The molecule has 0 unspecified atom stereocenters. The van der Waals surface area contributed by atoms with Gasteiger partial charge in [0, 0.05) is 18.5 Å². The molecule has 0 N–H and O–H groups in total. The average Bonchev–Trinajstić information content (AvgIpc) is 2.42. The first kappa shape index (κ1) is 24.9. The molecule has 160 valence electrons. The van der Waals surface area contributed by atoms with Crippen molar-refractivity contribution >= 4 is 13.6 Å². The molecule has 1 aromatic rings. The van der Waals surface area contributed by atoms with Gasteiger partial charge in [0.2, 0.25) is 0 Å². The maximum atomic E-state index is 13.7. The van der Waals surface area contributed by atoms with Crippen molar-refractivity contribution in [3.8, 4) is 0 Å². The highest BCUT2D eigenvalue weighted by atomic mass is 31.2. The molecule has 28 heavy (non-hydrogen) atoms. The van der Waals surface area contributed by atoms with E-state index in [1.165, 1.54) is 0 Å². The van der Waals surface area contributed by atoms with Gasteiger partial charge in [0.15, 0.2) is 0 Å². The molecule has 0 fully saturated rings. The highest BCUT2D eigenvalue weighted by molar-refractivity contribution is 7.52. The van der Waals surface area contributed by atoms with Gasteiger partial charge in [0.05, 0.1) is 11.2 Å². The minimum Gasteiger partial charge on any atom is -0.355 e. The lowest BCUT2D eigenvalue weighted by molar-refractivity contribution is 0.0494. The number of nitrogens with zero attached hydrogens (tertiary/aromatic N) is 2. The van der Waals surface area contributed by atoms with Crippen molar-refractivity contribution in [1.29, 1.82) is 0 Å². The van der Waals surface area contributed by atoms with Crippen molar-refractivity contribution in [3.05, 3.63) is 35.9 Å². The molecule has 1 rings (SSSR count). The molecule has 0 bridgehead atoms. The second-order valence-corrected chi connectivity index (χ2v) is 11.2. The maximum Gasteiger partial charge on any atom is 0.456 e. The molecule has 0 saturated carbocycles. The fraction of sp³-hybridized carbons (Fsp3) is 0.682. The van der Waals surface area contributed by atoms with Gasteiger partial charge < -0.3 is 4.90 Å². The first-order valence-electron chi connectivity index (χ1n) is 10.0. The second kappa shape index (κ2) is 9.56. The molecule has 0 aromatic heterocycles. The Morgan fingerprint density at radius 3 is 1.71 bits per heavy atom. The number of rotatable bonds is 7. The van der Waals surface area contributed by atoms with Crippen LogP contribution in [0.2, 0.25) is 0 Å². The molecule has 1 aromatic carbocycles. The van der Waals surface area contributed by atoms with Gasteiger partial charge in [-0.1, -0.05) is 30.3 Å². The van der Waals surface area contributed by atoms with Crippen LogP contribution in [0.15, 0.2) is 35.1 Å². The number of benzene rings is 1. The van der Waals surface area contributed by atoms with Crippen molar-refractivity contribution in [1.82, 2.24) is 4.90 Å². The van der Waals surface area contributed by atoms with Crippen LogP contribution in [-0.2, 0) is 20.0 Å². The van der Waals surface area contributed by atoms with Gasteiger partial charge in [-0.2, -0.15) is 4.76 Å². The van der Waals surface area contributed by atoms with Crippen molar-refractivity contribution in [2.45, 2.75) is 98.9 Å². The zero-order chi connectivity index (χ0) is 21.8. The Morgan fingerprint density at radius 1 is 0.929 bits per heavy atom. The summed E-state index contributed by atoms with van der Waals surface area (Å²) in [6.07, 6.45) is 0.558. The van der Waals surface area contributed by atoms with Gasteiger partial charge in [-0.15, -0.1) is 0 Å². The molecule has 5 nitrogen and oxygen atoms in total. The van der Waals surface area contributed by atoms with Crippen LogP contribution in [0.3, 0.4) is 0 Å². The van der Waals surface area contributed by atoms with Crippen molar-refractivity contribution in [2.24, 2.45) is 4.76 Å². The van der Waals surface area contributed by atoms with Crippen LogP contribution in [0.25, 0.3) is 0 Å². The Labute approximate surface area is 172 Å². The number of hydrogen-bond acceptors (Lipinski definition) is 3. The quantitative estimate of drug-likeness (QED) is 0.293. The van der Waals surface area contributed by atoms with Gasteiger partial charge >= 0.3 is 7.75 Å². The second-order valence-electron chi connectivity index (χ2n) is 9.65. The Kier molecular flexibility index (Phi) is 8.49. The predicted molar refractivity (Wildman–Crippen MR) is 119 cm³/mol. The minimum atomic E-state index is -3.74. The van der Waals surface area contributed by atoms with Crippen LogP contribution in [0.5, 0.6) is 0 Å². The van der Waals surface area contributed by atoms with E-state index < -0.39 is 18.9 Å². The van der Waals surface area contributed by atoms with E-state index in [4.69, 9.17) is 9.05 Å². The van der Waals surface area contributed by atoms with Crippen LogP contribution in [0, 0.1) is 0 Å². The predicted octanol–water partition coefficient (Wildman–Crippen LogP) is 6.48. The fourth-order valence-electron chi connectivity index (χ4n) is 3.04. The molecule has 0 aliphatic heterocycles. The Hall–Kier alpha value is -1.16. The highest BCUT2D eigenvalue weighted by Crippen LogP contribution is 2.56. The molecule has 0 spiro atoms.